The zero-order valence-electron chi connectivity index (χ0n) is 12.3. The minimum absolute atomic E-state index is 0.0634. The summed E-state index contributed by atoms with van der Waals surface area (Å²) in [6, 6.07) is 5.88. The van der Waals surface area contributed by atoms with Crippen LogP contribution in [0.3, 0.4) is 0 Å². The molecule has 0 saturated carbocycles. The summed E-state index contributed by atoms with van der Waals surface area (Å²) in [5.41, 5.74) is 0.966. The van der Waals surface area contributed by atoms with Crippen molar-refractivity contribution in [3.05, 3.63) is 33.8 Å². The van der Waals surface area contributed by atoms with Crippen molar-refractivity contribution in [3.8, 4) is 0 Å². The Morgan fingerprint density at radius 3 is 2.86 bits per heavy atom. The molecule has 1 aliphatic heterocycles. The molecule has 0 radical (unpaired) electrons. The number of piperidine rings is 1. The molecule has 1 aromatic rings. The fourth-order valence-corrected chi connectivity index (χ4v) is 2.96. The first-order valence-corrected chi connectivity index (χ1v) is 8.29. The number of nitrogens with one attached hydrogen (secondary N) is 2. The lowest BCUT2D eigenvalue weighted by Gasteiger charge is -2.23. The zero-order chi connectivity index (χ0) is 15.2. The van der Waals surface area contributed by atoms with E-state index in [1.54, 1.807) is 12.1 Å². The second-order valence-electron chi connectivity index (χ2n) is 5.65. The molecule has 2 unspecified atom stereocenters. The Morgan fingerprint density at radius 2 is 2.19 bits per heavy atom. The van der Waals surface area contributed by atoms with E-state index in [9.17, 15) is 4.79 Å². The van der Waals surface area contributed by atoms with Crippen LogP contribution in [0.1, 0.15) is 50.6 Å². The van der Waals surface area contributed by atoms with Crippen molar-refractivity contribution in [3.63, 3.8) is 0 Å². The number of hydrogen-bond acceptors (Lipinski definition) is 2. The highest BCUT2D eigenvalue weighted by molar-refractivity contribution is 6.42. The first kappa shape index (κ1) is 16.6. The maximum Gasteiger partial charge on any atom is 0.220 e. The molecule has 5 heteroatoms. The Balaban J connectivity index is 1.79. The molecule has 21 heavy (non-hydrogen) atoms. The fourth-order valence-electron chi connectivity index (χ4n) is 2.65. The van der Waals surface area contributed by atoms with Crippen molar-refractivity contribution < 1.29 is 4.79 Å². The van der Waals surface area contributed by atoms with Crippen LogP contribution in [0.4, 0.5) is 0 Å². The first-order valence-electron chi connectivity index (χ1n) is 7.54. The van der Waals surface area contributed by atoms with Gasteiger partial charge in [0.2, 0.25) is 5.91 Å². The van der Waals surface area contributed by atoms with Gasteiger partial charge in [0.1, 0.15) is 0 Å². The standard InChI is InChI=1S/C16H22Cl2N2O/c1-11(12-5-7-14(17)15(18)10-12)20-16(21)8-6-13-4-2-3-9-19-13/h5,7,10-11,13,19H,2-4,6,8-9H2,1H3,(H,20,21). The molecule has 1 fully saturated rings. The Hall–Kier alpha value is -0.770. The molecule has 1 amide bonds. The molecular weight excluding hydrogens is 307 g/mol. The smallest absolute Gasteiger partial charge is 0.220 e. The maximum absolute atomic E-state index is 12.0. The number of carbonyl (C=O) groups excluding carboxylic acids is 1. The fraction of sp³-hybridized carbons (Fsp3) is 0.562. The molecule has 116 valence electrons. The van der Waals surface area contributed by atoms with Gasteiger partial charge in [0, 0.05) is 12.5 Å². The topological polar surface area (TPSA) is 41.1 Å². The van der Waals surface area contributed by atoms with Gasteiger partial charge in [0.25, 0.3) is 0 Å². The van der Waals surface area contributed by atoms with Gasteiger partial charge < -0.3 is 10.6 Å². The summed E-state index contributed by atoms with van der Waals surface area (Å²) < 4.78 is 0. The number of benzene rings is 1. The molecule has 2 N–H and O–H groups in total. The Morgan fingerprint density at radius 1 is 1.38 bits per heavy atom. The predicted molar refractivity (Wildman–Crippen MR) is 87.9 cm³/mol. The van der Waals surface area contributed by atoms with E-state index in [1.165, 1.54) is 19.3 Å². The van der Waals surface area contributed by atoms with Crippen LogP contribution < -0.4 is 10.6 Å². The molecule has 1 saturated heterocycles. The van der Waals surface area contributed by atoms with Crippen LogP contribution in [-0.2, 0) is 4.79 Å². The number of hydrogen-bond donors (Lipinski definition) is 2. The Labute approximate surface area is 136 Å². The van der Waals surface area contributed by atoms with Gasteiger partial charge in [-0.3, -0.25) is 4.79 Å². The quantitative estimate of drug-likeness (QED) is 0.854. The molecule has 1 heterocycles. The lowest BCUT2D eigenvalue weighted by Crippen LogP contribution is -2.35. The van der Waals surface area contributed by atoms with Gasteiger partial charge in [0.15, 0.2) is 0 Å². The predicted octanol–water partition coefficient (Wildman–Crippen LogP) is 4.09. The third kappa shape index (κ3) is 5.17. The van der Waals surface area contributed by atoms with Crippen molar-refractivity contribution in [1.29, 1.82) is 0 Å². The van der Waals surface area contributed by atoms with Crippen LogP contribution in [-0.4, -0.2) is 18.5 Å². The van der Waals surface area contributed by atoms with Crippen LogP contribution >= 0.6 is 23.2 Å². The van der Waals surface area contributed by atoms with Gasteiger partial charge in [-0.15, -0.1) is 0 Å². The number of carbonyl (C=O) groups is 1. The van der Waals surface area contributed by atoms with Crippen molar-refractivity contribution >= 4 is 29.1 Å². The van der Waals surface area contributed by atoms with Crippen LogP contribution in [0.15, 0.2) is 18.2 Å². The Kier molecular flexibility index (Phi) is 6.34. The van der Waals surface area contributed by atoms with E-state index in [2.05, 4.69) is 10.6 Å². The van der Waals surface area contributed by atoms with E-state index >= 15 is 0 Å². The van der Waals surface area contributed by atoms with Crippen molar-refractivity contribution in [1.82, 2.24) is 10.6 Å². The SMILES string of the molecule is CC(NC(=O)CCC1CCCCN1)c1ccc(Cl)c(Cl)c1. The second kappa shape index (κ2) is 8.02. The molecule has 0 bridgehead atoms. The number of halogens is 2. The average molecular weight is 329 g/mol. The van der Waals surface area contributed by atoms with E-state index < -0.39 is 0 Å². The maximum atomic E-state index is 12.0. The molecular formula is C16H22Cl2N2O. The van der Waals surface area contributed by atoms with Gasteiger partial charge in [-0.05, 0) is 50.4 Å². The minimum atomic E-state index is -0.0634. The molecule has 0 aromatic heterocycles. The van der Waals surface area contributed by atoms with Crippen LogP contribution in [0.5, 0.6) is 0 Å². The van der Waals surface area contributed by atoms with Crippen LogP contribution in [0, 0.1) is 0 Å². The van der Waals surface area contributed by atoms with E-state index in [-0.39, 0.29) is 11.9 Å². The lowest BCUT2D eigenvalue weighted by molar-refractivity contribution is -0.122. The van der Waals surface area contributed by atoms with Crippen molar-refractivity contribution in [2.75, 3.05) is 6.54 Å². The zero-order valence-corrected chi connectivity index (χ0v) is 13.8. The van der Waals surface area contributed by atoms with Crippen molar-refractivity contribution in [2.45, 2.75) is 51.1 Å². The van der Waals surface area contributed by atoms with Gasteiger partial charge >= 0.3 is 0 Å². The summed E-state index contributed by atoms with van der Waals surface area (Å²) >= 11 is 11.9. The molecule has 2 atom stereocenters. The Bertz CT molecular complexity index is 487. The average Bonchev–Trinajstić information content (AvgIpc) is 2.49. The first-order chi connectivity index (χ1) is 10.1. The van der Waals surface area contributed by atoms with Gasteiger partial charge in [-0.1, -0.05) is 35.7 Å². The minimum Gasteiger partial charge on any atom is -0.350 e. The molecule has 2 rings (SSSR count). The third-order valence-electron chi connectivity index (χ3n) is 3.95. The molecule has 0 spiro atoms. The summed E-state index contributed by atoms with van der Waals surface area (Å²) in [5.74, 6) is 0.0842. The van der Waals surface area contributed by atoms with Gasteiger partial charge in [0.05, 0.1) is 16.1 Å². The monoisotopic (exact) mass is 328 g/mol. The van der Waals surface area contributed by atoms with E-state index in [0.29, 0.717) is 22.5 Å². The molecule has 3 nitrogen and oxygen atoms in total. The van der Waals surface area contributed by atoms with Crippen LogP contribution in [0.25, 0.3) is 0 Å². The summed E-state index contributed by atoms with van der Waals surface area (Å²) in [6.45, 7) is 3.03. The highest BCUT2D eigenvalue weighted by Gasteiger charge is 2.15. The number of amides is 1. The highest BCUT2D eigenvalue weighted by Crippen LogP contribution is 2.25. The summed E-state index contributed by atoms with van der Waals surface area (Å²) in [5, 5.41) is 7.52. The summed E-state index contributed by atoms with van der Waals surface area (Å²) in [7, 11) is 0. The van der Waals surface area contributed by atoms with Crippen molar-refractivity contribution in [2.24, 2.45) is 0 Å². The van der Waals surface area contributed by atoms with Gasteiger partial charge in [-0.2, -0.15) is 0 Å². The van der Waals surface area contributed by atoms with E-state index in [4.69, 9.17) is 23.2 Å². The summed E-state index contributed by atoms with van der Waals surface area (Å²) in [6.07, 6.45) is 5.15. The van der Waals surface area contributed by atoms with E-state index in [1.807, 2.05) is 13.0 Å². The largest absolute Gasteiger partial charge is 0.350 e. The third-order valence-corrected chi connectivity index (χ3v) is 4.69. The normalized spacial score (nSPS) is 20.0. The molecule has 0 aliphatic carbocycles. The lowest BCUT2D eigenvalue weighted by atomic mass is 10.0. The van der Waals surface area contributed by atoms with Crippen LogP contribution in [0.2, 0.25) is 10.0 Å². The molecule has 1 aliphatic rings. The second-order valence-corrected chi connectivity index (χ2v) is 6.46. The highest BCUT2D eigenvalue weighted by atomic mass is 35.5. The summed E-state index contributed by atoms with van der Waals surface area (Å²) in [4.78, 5) is 12.0. The van der Waals surface area contributed by atoms with Gasteiger partial charge in [-0.25, -0.2) is 0 Å². The number of rotatable bonds is 5. The molecule has 1 aromatic carbocycles. The van der Waals surface area contributed by atoms with E-state index in [0.717, 1.165) is 18.5 Å².